The molecule has 2 rings (SSSR count). The first-order valence-corrected chi connectivity index (χ1v) is 7.33. The molecule has 7 nitrogen and oxygen atoms in total. The van der Waals surface area contributed by atoms with Crippen molar-refractivity contribution in [1.82, 2.24) is 15.2 Å². The molecule has 1 aromatic heterocycles. The molecule has 0 saturated carbocycles. The summed E-state index contributed by atoms with van der Waals surface area (Å²) in [4.78, 5) is 29.7. The number of amides is 2. The SMILES string of the molecule is CNc1nc(N)c(C(=O)N2CCC(NC(C)=O)CC2)s1. The molecule has 0 radical (unpaired) electrons. The Kier molecular flexibility index (Phi) is 4.43. The van der Waals surface area contributed by atoms with E-state index in [4.69, 9.17) is 5.73 Å². The third kappa shape index (κ3) is 3.19. The summed E-state index contributed by atoms with van der Waals surface area (Å²) in [5, 5.41) is 6.41. The number of carbonyl (C=O) groups is 2. The number of nitrogens with one attached hydrogen (secondary N) is 2. The molecule has 8 heteroatoms. The number of nitrogen functional groups attached to an aromatic ring is 1. The molecule has 4 N–H and O–H groups in total. The number of rotatable bonds is 3. The highest BCUT2D eigenvalue weighted by Crippen LogP contribution is 2.27. The standard InChI is InChI=1S/C12H19N5O2S/c1-7(18)15-8-3-5-17(6-4-8)11(19)9-10(13)16-12(14-2)20-9/h8H,3-6,13H2,1-2H3,(H,14,16)(H,15,18). The molecule has 0 unspecified atom stereocenters. The van der Waals surface area contributed by atoms with E-state index in [9.17, 15) is 9.59 Å². The van der Waals surface area contributed by atoms with Gasteiger partial charge in [0.05, 0.1) is 0 Å². The first-order chi connectivity index (χ1) is 9.51. The monoisotopic (exact) mass is 297 g/mol. The Morgan fingerprint density at radius 2 is 2.05 bits per heavy atom. The van der Waals surface area contributed by atoms with Crippen LogP contribution in [0.25, 0.3) is 0 Å². The fourth-order valence-corrected chi connectivity index (χ4v) is 3.06. The number of nitrogens with zero attached hydrogens (tertiary/aromatic N) is 2. The second kappa shape index (κ2) is 6.08. The molecular formula is C12H19N5O2S. The maximum atomic E-state index is 12.4. The van der Waals surface area contributed by atoms with E-state index in [2.05, 4.69) is 15.6 Å². The van der Waals surface area contributed by atoms with Crippen LogP contribution in [-0.4, -0.2) is 47.9 Å². The second-order valence-electron chi connectivity index (χ2n) is 4.75. The van der Waals surface area contributed by atoms with Crippen molar-refractivity contribution in [3.05, 3.63) is 4.88 Å². The Hall–Kier alpha value is -1.83. The molecule has 1 saturated heterocycles. The number of hydrogen-bond donors (Lipinski definition) is 3. The van der Waals surface area contributed by atoms with E-state index < -0.39 is 0 Å². The number of likely N-dealkylation sites (tertiary alicyclic amines) is 1. The first-order valence-electron chi connectivity index (χ1n) is 6.51. The van der Waals surface area contributed by atoms with Crippen LogP contribution in [0.1, 0.15) is 29.4 Å². The molecule has 0 atom stereocenters. The highest BCUT2D eigenvalue weighted by atomic mass is 32.1. The Morgan fingerprint density at radius 1 is 1.40 bits per heavy atom. The predicted molar refractivity (Wildman–Crippen MR) is 78.8 cm³/mol. The molecule has 20 heavy (non-hydrogen) atoms. The van der Waals surface area contributed by atoms with Crippen molar-refractivity contribution in [1.29, 1.82) is 0 Å². The third-order valence-electron chi connectivity index (χ3n) is 3.25. The summed E-state index contributed by atoms with van der Waals surface area (Å²) in [5.74, 6) is 0.163. The maximum Gasteiger partial charge on any atom is 0.267 e. The van der Waals surface area contributed by atoms with E-state index in [-0.39, 0.29) is 23.7 Å². The second-order valence-corrected chi connectivity index (χ2v) is 5.75. The average Bonchev–Trinajstić information content (AvgIpc) is 2.79. The smallest absolute Gasteiger partial charge is 0.267 e. The minimum Gasteiger partial charge on any atom is -0.382 e. The van der Waals surface area contributed by atoms with Gasteiger partial charge in [-0.2, -0.15) is 0 Å². The molecule has 1 aromatic rings. The van der Waals surface area contributed by atoms with Crippen LogP contribution >= 0.6 is 11.3 Å². The summed E-state index contributed by atoms with van der Waals surface area (Å²) >= 11 is 1.26. The van der Waals surface area contributed by atoms with Gasteiger partial charge in [0, 0.05) is 33.1 Å². The van der Waals surface area contributed by atoms with Crippen LogP contribution in [0, 0.1) is 0 Å². The lowest BCUT2D eigenvalue weighted by Gasteiger charge is -2.31. The van der Waals surface area contributed by atoms with Crippen LogP contribution in [0.15, 0.2) is 0 Å². The summed E-state index contributed by atoms with van der Waals surface area (Å²) in [6, 6.07) is 0.156. The van der Waals surface area contributed by atoms with Crippen LogP contribution in [0.2, 0.25) is 0 Å². The zero-order valence-corrected chi connectivity index (χ0v) is 12.4. The Labute approximate surface area is 121 Å². The number of thiazole rings is 1. The van der Waals surface area contributed by atoms with E-state index >= 15 is 0 Å². The molecule has 1 aliphatic rings. The highest BCUT2D eigenvalue weighted by Gasteiger charge is 2.26. The van der Waals surface area contributed by atoms with Crippen molar-refractivity contribution < 1.29 is 9.59 Å². The van der Waals surface area contributed by atoms with Crippen molar-refractivity contribution >= 4 is 34.1 Å². The molecule has 0 spiro atoms. The number of hydrogen-bond acceptors (Lipinski definition) is 6. The molecule has 0 bridgehead atoms. The number of aromatic nitrogens is 1. The van der Waals surface area contributed by atoms with Gasteiger partial charge in [0.1, 0.15) is 10.7 Å². The van der Waals surface area contributed by atoms with Crippen LogP contribution in [0.5, 0.6) is 0 Å². The van der Waals surface area contributed by atoms with Crippen LogP contribution in [0.4, 0.5) is 10.9 Å². The molecule has 2 heterocycles. The Bertz CT molecular complexity index is 508. The summed E-state index contributed by atoms with van der Waals surface area (Å²) in [6.45, 7) is 2.75. The minimum atomic E-state index is -0.0808. The van der Waals surface area contributed by atoms with Gasteiger partial charge in [0.2, 0.25) is 5.91 Å². The summed E-state index contributed by atoms with van der Waals surface area (Å²) in [7, 11) is 1.74. The molecular weight excluding hydrogens is 278 g/mol. The largest absolute Gasteiger partial charge is 0.382 e. The molecule has 1 aliphatic heterocycles. The van der Waals surface area contributed by atoms with Crippen molar-refractivity contribution in [2.75, 3.05) is 31.2 Å². The fraction of sp³-hybridized carbons (Fsp3) is 0.583. The van der Waals surface area contributed by atoms with Gasteiger partial charge < -0.3 is 21.3 Å². The number of piperidine rings is 1. The van der Waals surface area contributed by atoms with Gasteiger partial charge in [-0.15, -0.1) is 0 Å². The lowest BCUT2D eigenvalue weighted by atomic mass is 10.0. The molecule has 2 amide bonds. The number of nitrogens with two attached hydrogens (primary N) is 1. The van der Waals surface area contributed by atoms with Crippen LogP contribution < -0.4 is 16.4 Å². The normalized spacial score (nSPS) is 16.0. The summed E-state index contributed by atoms with van der Waals surface area (Å²) in [5.41, 5.74) is 5.77. The van der Waals surface area contributed by atoms with Crippen LogP contribution in [-0.2, 0) is 4.79 Å². The predicted octanol–water partition coefficient (Wildman–Crippen LogP) is 0.508. The zero-order chi connectivity index (χ0) is 14.7. The van der Waals surface area contributed by atoms with E-state index in [1.807, 2.05) is 0 Å². The topological polar surface area (TPSA) is 100 Å². The van der Waals surface area contributed by atoms with E-state index in [1.165, 1.54) is 18.3 Å². The lowest BCUT2D eigenvalue weighted by Crippen LogP contribution is -2.46. The van der Waals surface area contributed by atoms with E-state index in [1.54, 1.807) is 11.9 Å². The first kappa shape index (κ1) is 14.6. The van der Waals surface area contributed by atoms with Crippen molar-refractivity contribution in [2.24, 2.45) is 0 Å². The van der Waals surface area contributed by atoms with Crippen molar-refractivity contribution in [3.63, 3.8) is 0 Å². The van der Waals surface area contributed by atoms with Gasteiger partial charge in [0.15, 0.2) is 5.13 Å². The zero-order valence-electron chi connectivity index (χ0n) is 11.6. The minimum absolute atomic E-state index is 0.0276. The molecule has 0 aliphatic carbocycles. The average molecular weight is 297 g/mol. The summed E-state index contributed by atoms with van der Waals surface area (Å²) < 4.78 is 0. The third-order valence-corrected chi connectivity index (χ3v) is 4.33. The van der Waals surface area contributed by atoms with Gasteiger partial charge in [-0.1, -0.05) is 11.3 Å². The van der Waals surface area contributed by atoms with Gasteiger partial charge in [-0.05, 0) is 12.8 Å². The fourth-order valence-electron chi connectivity index (χ4n) is 2.25. The van der Waals surface area contributed by atoms with E-state index in [0.717, 1.165) is 12.8 Å². The van der Waals surface area contributed by atoms with Gasteiger partial charge >= 0.3 is 0 Å². The quantitative estimate of drug-likeness (QED) is 0.754. The van der Waals surface area contributed by atoms with Gasteiger partial charge in [-0.25, -0.2) is 4.98 Å². The maximum absolute atomic E-state index is 12.4. The number of carbonyl (C=O) groups excluding carboxylic acids is 2. The Morgan fingerprint density at radius 3 is 2.55 bits per heavy atom. The van der Waals surface area contributed by atoms with Crippen molar-refractivity contribution in [2.45, 2.75) is 25.8 Å². The molecule has 1 fully saturated rings. The van der Waals surface area contributed by atoms with Gasteiger partial charge in [0.25, 0.3) is 5.91 Å². The lowest BCUT2D eigenvalue weighted by molar-refractivity contribution is -0.119. The van der Waals surface area contributed by atoms with Gasteiger partial charge in [-0.3, -0.25) is 9.59 Å². The summed E-state index contributed by atoms with van der Waals surface area (Å²) in [6.07, 6.45) is 1.53. The van der Waals surface area contributed by atoms with E-state index in [0.29, 0.717) is 23.1 Å². The Balaban J connectivity index is 1.97. The van der Waals surface area contributed by atoms with Crippen LogP contribution in [0.3, 0.4) is 0 Å². The molecule has 110 valence electrons. The van der Waals surface area contributed by atoms with Crippen molar-refractivity contribution in [3.8, 4) is 0 Å². The highest BCUT2D eigenvalue weighted by molar-refractivity contribution is 7.18. The molecule has 0 aromatic carbocycles. The number of anilines is 2.